The van der Waals surface area contributed by atoms with Gasteiger partial charge in [-0.25, -0.2) is 4.98 Å². The van der Waals surface area contributed by atoms with E-state index in [0.717, 1.165) is 27.5 Å². The van der Waals surface area contributed by atoms with Crippen LogP contribution >= 0.6 is 15.9 Å². The van der Waals surface area contributed by atoms with E-state index in [1.54, 1.807) is 12.4 Å². The van der Waals surface area contributed by atoms with E-state index in [4.69, 9.17) is 0 Å². The number of ketones is 1. The topological polar surface area (TPSA) is 45.8 Å². The summed E-state index contributed by atoms with van der Waals surface area (Å²) in [6, 6.07) is 12.2. The van der Waals surface area contributed by atoms with Crippen LogP contribution in [0.4, 0.5) is 0 Å². The molecule has 4 rings (SSSR count). The average Bonchev–Trinajstić information content (AvgIpc) is 3.21. The van der Waals surface area contributed by atoms with E-state index < -0.39 is 0 Å². The van der Waals surface area contributed by atoms with Gasteiger partial charge in [0, 0.05) is 33.7 Å². The van der Waals surface area contributed by atoms with Crippen LogP contribution in [-0.4, -0.2) is 15.8 Å². The first-order chi connectivity index (χ1) is 10.2. The predicted octanol–water partition coefficient (Wildman–Crippen LogP) is 4.31. The minimum atomic E-state index is 0.102. The maximum atomic E-state index is 12.7. The quantitative estimate of drug-likeness (QED) is 0.722. The molecule has 0 aliphatic heterocycles. The van der Waals surface area contributed by atoms with Gasteiger partial charge >= 0.3 is 0 Å². The molecule has 4 heteroatoms. The van der Waals surface area contributed by atoms with Crippen LogP contribution in [0.5, 0.6) is 0 Å². The molecule has 2 unspecified atom stereocenters. The largest absolute Gasteiger partial charge is 0.345 e. The summed E-state index contributed by atoms with van der Waals surface area (Å²) in [5.74, 6) is 0.684. The number of nitrogens with one attached hydrogen (secondary N) is 1. The Bertz CT molecular complexity index is 825. The van der Waals surface area contributed by atoms with E-state index in [0.29, 0.717) is 5.92 Å². The van der Waals surface area contributed by atoms with Crippen LogP contribution < -0.4 is 0 Å². The summed E-state index contributed by atoms with van der Waals surface area (Å²) in [6.07, 6.45) is 4.46. The van der Waals surface area contributed by atoms with Crippen LogP contribution in [0, 0.1) is 5.92 Å². The highest BCUT2D eigenvalue weighted by molar-refractivity contribution is 9.10. The van der Waals surface area contributed by atoms with E-state index >= 15 is 0 Å². The first-order valence-electron chi connectivity index (χ1n) is 6.96. The number of nitrogens with zero attached hydrogens (tertiary/aromatic N) is 1. The highest BCUT2D eigenvalue weighted by Gasteiger charge is 2.44. The molecule has 1 aliphatic carbocycles. The van der Waals surface area contributed by atoms with Gasteiger partial charge in [-0.2, -0.15) is 0 Å². The Balaban J connectivity index is 1.65. The molecular formula is C17H13BrN2O. The van der Waals surface area contributed by atoms with Crippen molar-refractivity contribution in [3.05, 3.63) is 64.4 Å². The second-order valence-electron chi connectivity index (χ2n) is 5.48. The lowest BCUT2D eigenvalue weighted by Gasteiger charge is -2.00. The number of hydrogen-bond acceptors (Lipinski definition) is 2. The minimum Gasteiger partial charge on any atom is -0.345 e. The van der Waals surface area contributed by atoms with E-state index in [9.17, 15) is 4.79 Å². The summed E-state index contributed by atoms with van der Waals surface area (Å²) >= 11 is 3.41. The molecule has 3 aromatic rings. The number of fused-ring (bicyclic) bond motifs is 1. The van der Waals surface area contributed by atoms with Gasteiger partial charge in [-0.1, -0.05) is 30.3 Å². The molecule has 2 heterocycles. The van der Waals surface area contributed by atoms with Gasteiger partial charge in [0.25, 0.3) is 0 Å². The summed E-state index contributed by atoms with van der Waals surface area (Å²) < 4.78 is 0.888. The smallest absolute Gasteiger partial charge is 0.168 e. The zero-order chi connectivity index (χ0) is 14.4. The number of Topliss-reactive ketones (excluding diaryl/α,β-unsaturated/α-hetero) is 1. The lowest BCUT2D eigenvalue weighted by Crippen LogP contribution is -2.02. The van der Waals surface area contributed by atoms with Crippen molar-refractivity contribution < 1.29 is 4.79 Å². The maximum absolute atomic E-state index is 12.7. The van der Waals surface area contributed by atoms with Gasteiger partial charge in [0.05, 0.1) is 0 Å². The Morgan fingerprint density at radius 3 is 2.90 bits per heavy atom. The molecule has 2 aromatic heterocycles. The second kappa shape index (κ2) is 4.81. The molecule has 1 N–H and O–H groups in total. The fraction of sp³-hybridized carbons (Fsp3) is 0.176. The molecule has 104 valence electrons. The Labute approximate surface area is 130 Å². The molecule has 3 nitrogen and oxygen atoms in total. The van der Waals surface area contributed by atoms with E-state index in [-0.39, 0.29) is 11.7 Å². The van der Waals surface area contributed by atoms with Gasteiger partial charge in [0.1, 0.15) is 5.65 Å². The molecule has 1 aliphatic rings. The standard InChI is InChI=1S/C17H13BrN2O/c18-11-6-14-15(9-20-17(14)19-8-11)16(21)13-7-12(13)10-4-2-1-3-5-10/h1-6,8-9,12-13H,7H2,(H,19,20). The summed E-state index contributed by atoms with van der Waals surface area (Å²) in [4.78, 5) is 20.1. The zero-order valence-corrected chi connectivity index (χ0v) is 12.8. The van der Waals surface area contributed by atoms with Crippen LogP contribution in [0.25, 0.3) is 11.0 Å². The SMILES string of the molecule is O=C(c1c[nH]c2ncc(Br)cc12)C1CC1c1ccccc1. The summed E-state index contributed by atoms with van der Waals surface area (Å²) in [7, 11) is 0. The van der Waals surface area contributed by atoms with Gasteiger partial charge in [-0.15, -0.1) is 0 Å². The molecular weight excluding hydrogens is 328 g/mol. The minimum absolute atomic E-state index is 0.102. The van der Waals surface area contributed by atoms with Crippen molar-refractivity contribution in [1.82, 2.24) is 9.97 Å². The van der Waals surface area contributed by atoms with E-state index in [2.05, 4.69) is 38.0 Å². The molecule has 0 bridgehead atoms. The fourth-order valence-electron chi connectivity index (χ4n) is 2.93. The van der Waals surface area contributed by atoms with Crippen LogP contribution in [0.15, 0.2) is 53.3 Å². The van der Waals surface area contributed by atoms with Crippen LogP contribution in [0.3, 0.4) is 0 Å². The highest BCUT2D eigenvalue weighted by atomic mass is 79.9. The molecule has 0 amide bonds. The fourth-order valence-corrected chi connectivity index (χ4v) is 3.27. The molecule has 21 heavy (non-hydrogen) atoms. The monoisotopic (exact) mass is 340 g/mol. The first kappa shape index (κ1) is 12.8. The number of halogens is 1. The Morgan fingerprint density at radius 2 is 2.10 bits per heavy atom. The Hall–Kier alpha value is -1.94. The van der Waals surface area contributed by atoms with Crippen molar-refractivity contribution in [2.75, 3.05) is 0 Å². The summed E-state index contributed by atoms with van der Waals surface area (Å²) in [5.41, 5.74) is 2.77. The number of carbonyl (C=O) groups excluding carboxylic acids is 1. The zero-order valence-electron chi connectivity index (χ0n) is 11.2. The molecule has 0 spiro atoms. The summed E-state index contributed by atoms with van der Waals surface area (Å²) in [6.45, 7) is 0. The maximum Gasteiger partial charge on any atom is 0.168 e. The van der Waals surface area contributed by atoms with Gasteiger partial charge < -0.3 is 4.98 Å². The lowest BCUT2D eigenvalue weighted by atomic mass is 10.0. The number of benzene rings is 1. The molecule has 0 saturated heterocycles. The lowest BCUT2D eigenvalue weighted by molar-refractivity contribution is 0.0967. The van der Waals surface area contributed by atoms with Crippen LogP contribution in [0.2, 0.25) is 0 Å². The number of carbonyl (C=O) groups is 1. The average molecular weight is 341 g/mol. The Kier molecular flexibility index (Phi) is 2.93. The van der Waals surface area contributed by atoms with Crippen molar-refractivity contribution in [2.24, 2.45) is 5.92 Å². The third-order valence-corrected chi connectivity index (χ3v) is 4.55. The highest BCUT2D eigenvalue weighted by Crippen LogP contribution is 2.49. The summed E-state index contributed by atoms with van der Waals surface area (Å²) in [5, 5.41) is 0.896. The molecule has 0 radical (unpaired) electrons. The number of pyridine rings is 1. The van der Waals surface area contributed by atoms with E-state index in [1.165, 1.54) is 5.56 Å². The third kappa shape index (κ3) is 2.20. The second-order valence-corrected chi connectivity index (χ2v) is 6.39. The molecule has 1 fully saturated rings. The number of H-pyrrole nitrogens is 1. The van der Waals surface area contributed by atoms with Crippen molar-refractivity contribution in [3.63, 3.8) is 0 Å². The molecule has 1 saturated carbocycles. The molecule has 1 aromatic carbocycles. The number of rotatable bonds is 3. The number of hydrogen-bond donors (Lipinski definition) is 1. The van der Waals surface area contributed by atoms with Crippen molar-refractivity contribution in [2.45, 2.75) is 12.3 Å². The predicted molar refractivity (Wildman–Crippen MR) is 85.4 cm³/mol. The molecule has 2 atom stereocenters. The van der Waals surface area contributed by atoms with Crippen LogP contribution in [0.1, 0.15) is 28.3 Å². The Morgan fingerprint density at radius 1 is 1.29 bits per heavy atom. The van der Waals surface area contributed by atoms with Gasteiger partial charge in [-0.3, -0.25) is 4.79 Å². The first-order valence-corrected chi connectivity index (χ1v) is 7.75. The van der Waals surface area contributed by atoms with Gasteiger partial charge in [-0.05, 0) is 39.9 Å². The third-order valence-electron chi connectivity index (χ3n) is 4.12. The van der Waals surface area contributed by atoms with Crippen molar-refractivity contribution >= 4 is 32.7 Å². The van der Waals surface area contributed by atoms with Crippen LogP contribution in [-0.2, 0) is 0 Å². The number of aromatic nitrogens is 2. The van der Waals surface area contributed by atoms with E-state index in [1.807, 2.05) is 24.3 Å². The van der Waals surface area contributed by atoms with Crippen molar-refractivity contribution in [1.29, 1.82) is 0 Å². The van der Waals surface area contributed by atoms with Gasteiger partial charge in [0.2, 0.25) is 0 Å². The number of aromatic amines is 1. The van der Waals surface area contributed by atoms with Gasteiger partial charge in [0.15, 0.2) is 5.78 Å². The van der Waals surface area contributed by atoms with Crippen molar-refractivity contribution in [3.8, 4) is 0 Å². The normalized spacial score (nSPS) is 20.6.